The molecule has 19 heavy (non-hydrogen) atoms. The van der Waals surface area contributed by atoms with Crippen LogP contribution in [0.1, 0.15) is 31.5 Å². The van der Waals surface area contributed by atoms with Crippen molar-refractivity contribution in [1.29, 1.82) is 0 Å². The van der Waals surface area contributed by atoms with Crippen molar-refractivity contribution in [2.75, 3.05) is 18.9 Å². The van der Waals surface area contributed by atoms with Crippen molar-refractivity contribution in [3.8, 4) is 0 Å². The molecule has 3 heterocycles. The normalized spacial score (nSPS) is 17.1. The lowest BCUT2D eigenvalue weighted by Crippen LogP contribution is -2.32. The average Bonchev–Trinajstić information content (AvgIpc) is 2.83. The molecule has 0 bridgehead atoms. The Labute approximate surface area is 114 Å². The van der Waals surface area contributed by atoms with Crippen LogP contribution in [0.25, 0.3) is 10.2 Å². The highest BCUT2D eigenvalue weighted by atomic mass is 32.1. The van der Waals surface area contributed by atoms with E-state index in [2.05, 4.69) is 10.1 Å². The lowest BCUT2D eigenvalue weighted by molar-refractivity contribution is 0.0648. The van der Waals surface area contributed by atoms with E-state index in [1.807, 2.05) is 6.92 Å². The minimum absolute atomic E-state index is 0.110. The third-order valence-electron chi connectivity index (χ3n) is 3.42. The van der Waals surface area contributed by atoms with Crippen molar-refractivity contribution in [2.45, 2.75) is 32.2 Å². The van der Waals surface area contributed by atoms with Gasteiger partial charge in [0.25, 0.3) is 5.56 Å². The van der Waals surface area contributed by atoms with Gasteiger partial charge in [0.1, 0.15) is 0 Å². The summed E-state index contributed by atoms with van der Waals surface area (Å²) >= 11 is 1.34. The van der Waals surface area contributed by atoms with Gasteiger partial charge < -0.3 is 10.5 Å². The molecule has 0 saturated carbocycles. The summed E-state index contributed by atoms with van der Waals surface area (Å²) in [5, 5.41) is 4.94. The first-order valence-electron chi connectivity index (χ1n) is 6.46. The molecule has 2 N–H and O–H groups in total. The fourth-order valence-electron chi connectivity index (χ4n) is 2.42. The van der Waals surface area contributed by atoms with Gasteiger partial charge in [-0.3, -0.25) is 4.79 Å². The highest BCUT2D eigenvalue weighted by molar-refractivity contribution is 7.22. The molecule has 1 saturated heterocycles. The first-order chi connectivity index (χ1) is 9.20. The predicted molar refractivity (Wildman–Crippen MR) is 74.6 cm³/mol. The van der Waals surface area contributed by atoms with Gasteiger partial charge in [0, 0.05) is 13.2 Å². The summed E-state index contributed by atoms with van der Waals surface area (Å²) in [5.74, 6) is 0. The van der Waals surface area contributed by atoms with Gasteiger partial charge in [-0.2, -0.15) is 5.10 Å². The van der Waals surface area contributed by atoms with E-state index in [1.165, 1.54) is 11.3 Å². The first kappa shape index (κ1) is 12.6. The van der Waals surface area contributed by atoms with Crippen LogP contribution in [-0.2, 0) is 11.2 Å². The Morgan fingerprint density at radius 1 is 1.47 bits per heavy atom. The van der Waals surface area contributed by atoms with Crippen LogP contribution in [-0.4, -0.2) is 28.0 Å². The Hall–Kier alpha value is -1.47. The summed E-state index contributed by atoms with van der Waals surface area (Å²) in [7, 11) is 0. The van der Waals surface area contributed by atoms with Gasteiger partial charge in [-0.25, -0.2) is 9.67 Å². The maximum Gasteiger partial charge on any atom is 0.294 e. The molecule has 2 aromatic heterocycles. The molecule has 0 aliphatic carbocycles. The topological polar surface area (TPSA) is 83.0 Å². The quantitative estimate of drug-likeness (QED) is 0.897. The van der Waals surface area contributed by atoms with Crippen LogP contribution in [0, 0.1) is 0 Å². The number of hydrogen-bond acceptors (Lipinski definition) is 6. The zero-order valence-corrected chi connectivity index (χ0v) is 11.6. The Bertz CT molecular complexity index is 658. The second-order valence-electron chi connectivity index (χ2n) is 4.62. The fourth-order valence-corrected chi connectivity index (χ4v) is 3.29. The zero-order chi connectivity index (χ0) is 13.4. The summed E-state index contributed by atoms with van der Waals surface area (Å²) in [6.45, 7) is 3.38. The van der Waals surface area contributed by atoms with Crippen LogP contribution in [0.5, 0.6) is 0 Å². The lowest BCUT2D eigenvalue weighted by Gasteiger charge is -2.23. The Balaban J connectivity index is 2.18. The maximum absolute atomic E-state index is 12.5. The second-order valence-corrected chi connectivity index (χ2v) is 5.65. The molecule has 0 radical (unpaired) electrons. The summed E-state index contributed by atoms with van der Waals surface area (Å²) in [6, 6.07) is 0.110. The van der Waals surface area contributed by atoms with Crippen LogP contribution in [0.2, 0.25) is 0 Å². The van der Waals surface area contributed by atoms with E-state index in [4.69, 9.17) is 10.5 Å². The highest BCUT2D eigenvalue weighted by Gasteiger charge is 2.21. The van der Waals surface area contributed by atoms with E-state index < -0.39 is 0 Å². The third-order valence-corrected chi connectivity index (χ3v) is 4.35. The lowest BCUT2D eigenvalue weighted by atomic mass is 10.1. The van der Waals surface area contributed by atoms with Gasteiger partial charge in [-0.15, -0.1) is 0 Å². The fraction of sp³-hybridized carbons (Fsp3) is 0.583. The summed E-state index contributed by atoms with van der Waals surface area (Å²) in [4.78, 5) is 16.6. The molecular weight excluding hydrogens is 264 g/mol. The van der Waals surface area contributed by atoms with Gasteiger partial charge in [-0.05, 0) is 19.3 Å². The number of nitrogen functional groups attached to an aromatic ring is 1. The van der Waals surface area contributed by atoms with Crippen LogP contribution in [0.4, 0.5) is 5.13 Å². The Kier molecular flexibility index (Phi) is 3.24. The van der Waals surface area contributed by atoms with E-state index in [0.717, 1.165) is 29.7 Å². The van der Waals surface area contributed by atoms with Crippen molar-refractivity contribution < 1.29 is 4.74 Å². The van der Waals surface area contributed by atoms with E-state index in [0.29, 0.717) is 23.9 Å². The molecule has 6 nitrogen and oxygen atoms in total. The second kappa shape index (κ2) is 4.90. The van der Waals surface area contributed by atoms with E-state index >= 15 is 0 Å². The molecule has 1 fully saturated rings. The minimum atomic E-state index is -0.132. The molecule has 0 aromatic carbocycles. The predicted octanol–water partition coefficient (Wildman–Crippen LogP) is 1.35. The van der Waals surface area contributed by atoms with Crippen LogP contribution < -0.4 is 11.3 Å². The number of ether oxygens (including phenoxy) is 1. The van der Waals surface area contributed by atoms with Crippen LogP contribution >= 0.6 is 11.3 Å². The van der Waals surface area contributed by atoms with Gasteiger partial charge in [0.15, 0.2) is 10.6 Å². The first-order valence-corrected chi connectivity index (χ1v) is 7.27. The van der Waals surface area contributed by atoms with Gasteiger partial charge in [0.2, 0.25) is 0 Å². The summed E-state index contributed by atoms with van der Waals surface area (Å²) < 4.78 is 7.75. The summed E-state index contributed by atoms with van der Waals surface area (Å²) in [5.41, 5.74) is 6.95. The Morgan fingerprint density at radius 3 is 2.89 bits per heavy atom. The molecule has 1 aliphatic rings. The van der Waals surface area contributed by atoms with Gasteiger partial charge in [0.05, 0.1) is 16.4 Å². The Morgan fingerprint density at radius 2 is 2.21 bits per heavy atom. The van der Waals surface area contributed by atoms with Crippen molar-refractivity contribution >= 4 is 26.7 Å². The zero-order valence-electron chi connectivity index (χ0n) is 10.8. The average molecular weight is 280 g/mol. The van der Waals surface area contributed by atoms with E-state index in [9.17, 15) is 4.79 Å². The number of thiazole rings is 1. The molecule has 102 valence electrons. The van der Waals surface area contributed by atoms with E-state index in [1.54, 1.807) is 4.68 Å². The van der Waals surface area contributed by atoms with Crippen molar-refractivity contribution in [1.82, 2.24) is 14.8 Å². The molecule has 0 amide bonds. The van der Waals surface area contributed by atoms with E-state index in [-0.39, 0.29) is 11.6 Å². The number of fused-ring (bicyclic) bond motifs is 1. The molecule has 7 heteroatoms. The number of aryl methyl sites for hydroxylation is 1. The third kappa shape index (κ3) is 2.12. The molecule has 1 aliphatic heterocycles. The molecule has 0 unspecified atom stereocenters. The standard InChI is InChI=1S/C12H16N4O2S/c1-2-8-10-9(14-12(13)19-10)11(17)16(15-8)7-3-5-18-6-4-7/h7H,2-6H2,1H3,(H2,13,14). The molecule has 2 aromatic rings. The molecular formula is C12H16N4O2S. The van der Waals surface area contributed by atoms with Crippen molar-refractivity contribution in [3.63, 3.8) is 0 Å². The smallest absolute Gasteiger partial charge is 0.294 e. The number of nitrogens with zero attached hydrogens (tertiary/aromatic N) is 3. The number of rotatable bonds is 2. The van der Waals surface area contributed by atoms with Crippen molar-refractivity contribution in [3.05, 3.63) is 16.0 Å². The maximum atomic E-state index is 12.5. The number of hydrogen-bond donors (Lipinski definition) is 1. The monoisotopic (exact) mass is 280 g/mol. The summed E-state index contributed by atoms with van der Waals surface area (Å²) in [6.07, 6.45) is 2.41. The minimum Gasteiger partial charge on any atom is -0.381 e. The molecule has 0 atom stereocenters. The number of anilines is 1. The largest absolute Gasteiger partial charge is 0.381 e. The number of aromatic nitrogens is 3. The van der Waals surface area contributed by atoms with Gasteiger partial charge in [-0.1, -0.05) is 18.3 Å². The SMILES string of the molecule is CCc1nn(C2CCOCC2)c(=O)c2nc(N)sc12. The van der Waals surface area contributed by atoms with Crippen LogP contribution in [0.15, 0.2) is 4.79 Å². The molecule has 3 rings (SSSR count). The molecule has 0 spiro atoms. The number of nitrogens with two attached hydrogens (primary N) is 1. The van der Waals surface area contributed by atoms with Crippen LogP contribution in [0.3, 0.4) is 0 Å². The highest BCUT2D eigenvalue weighted by Crippen LogP contribution is 2.26. The van der Waals surface area contributed by atoms with Gasteiger partial charge >= 0.3 is 0 Å². The van der Waals surface area contributed by atoms with Crippen molar-refractivity contribution in [2.24, 2.45) is 0 Å².